The van der Waals surface area contributed by atoms with Gasteiger partial charge in [-0.1, -0.05) is 96.7 Å². The Morgan fingerprint density at radius 2 is 1.04 bits per heavy atom. The molecule has 4 rings (SSSR count). The molecule has 3 heteroatoms. The topological polar surface area (TPSA) is 25.1 Å². The van der Waals surface area contributed by atoms with Crippen molar-refractivity contribution in [2.45, 2.75) is 62.8 Å². The molecule has 0 amide bonds. The minimum Gasteiger partial charge on any atom is -0.373 e. The van der Waals surface area contributed by atoms with Gasteiger partial charge in [0.15, 0.2) is 0 Å². The largest absolute Gasteiger partial charge is 0.373 e. The van der Waals surface area contributed by atoms with E-state index in [1.165, 1.54) is 50.6 Å². The zero-order valence-corrected chi connectivity index (χ0v) is 17.3. The summed E-state index contributed by atoms with van der Waals surface area (Å²) in [5.74, 6) is 0. The molecular weight excluding hydrogens is 348 g/mol. The van der Waals surface area contributed by atoms with Gasteiger partial charge in [0.2, 0.25) is 0 Å². The van der Waals surface area contributed by atoms with Gasteiger partial charge >= 0.3 is 0 Å². The van der Waals surface area contributed by atoms with Gasteiger partial charge in [-0.25, -0.2) is 0 Å². The van der Waals surface area contributed by atoms with E-state index in [2.05, 4.69) is 60.7 Å². The second-order valence-electron chi connectivity index (χ2n) is 8.22. The lowest BCUT2D eigenvalue weighted by atomic mass is 10.2. The average Bonchev–Trinajstić information content (AvgIpc) is 3.64. The summed E-state index contributed by atoms with van der Waals surface area (Å²) in [6.07, 6.45) is 8.86. The highest BCUT2D eigenvalue weighted by molar-refractivity contribution is 7.02. The zero-order valence-electron chi connectivity index (χ0n) is 16.3. The Hall–Kier alpha value is -1.42. The van der Waals surface area contributed by atoms with Crippen molar-refractivity contribution in [1.82, 2.24) is 0 Å². The molecule has 0 radical (unpaired) electrons. The second-order valence-corrected chi connectivity index (χ2v) is 12.5. The Labute approximate surface area is 164 Å². The predicted molar refractivity (Wildman–Crippen MR) is 115 cm³/mol. The third-order valence-corrected chi connectivity index (χ3v) is 11.5. The van der Waals surface area contributed by atoms with Crippen LogP contribution in [0.3, 0.4) is 0 Å². The third-order valence-electron chi connectivity index (χ3n) is 6.22. The summed E-state index contributed by atoms with van der Waals surface area (Å²) in [6.45, 7) is 1.98. The van der Waals surface area contributed by atoms with E-state index in [4.69, 9.17) is 9.47 Å². The van der Waals surface area contributed by atoms with Gasteiger partial charge in [0.1, 0.15) is 8.07 Å². The minimum absolute atomic E-state index is 0.563. The molecule has 0 bridgehead atoms. The van der Waals surface area contributed by atoms with Crippen molar-refractivity contribution in [2.75, 3.05) is 13.2 Å². The summed E-state index contributed by atoms with van der Waals surface area (Å²) in [4.78, 5) is 0. The maximum Gasteiger partial charge on any atom is 0.118 e. The molecule has 2 nitrogen and oxygen atoms in total. The van der Waals surface area contributed by atoms with Gasteiger partial charge in [-0.3, -0.25) is 0 Å². The zero-order chi connectivity index (χ0) is 18.4. The van der Waals surface area contributed by atoms with Gasteiger partial charge in [0.25, 0.3) is 0 Å². The van der Waals surface area contributed by atoms with Gasteiger partial charge in [0.05, 0.1) is 25.4 Å². The van der Waals surface area contributed by atoms with E-state index in [9.17, 15) is 0 Å². The van der Waals surface area contributed by atoms with Crippen molar-refractivity contribution in [2.24, 2.45) is 0 Å². The molecule has 2 aromatic rings. The summed E-state index contributed by atoms with van der Waals surface area (Å²) in [6, 6.07) is 25.5. The number of hydrogen-bond donors (Lipinski definition) is 0. The lowest BCUT2D eigenvalue weighted by Gasteiger charge is -2.33. The normalized spacial score (nSPS) is 21.2. The van der Waals surface area contributed by atoms with Crippen LogP contribution in [0.5, 0.6) is 0 Å². The van der Waals surface area contributed by atoms with Crippen molar-refractivity contribution in [1.29, 1.82) is 0 Å². The van der Waals surface area contributed by atoms with Crippen LogP contribution in [-0.2, 0) is 9.47 Å². The molecule has 2 heterocycles. The van der Waals surface area contributed by atoms with Crippen molar-refractivity contribution < 1.29 is 9.47 Å². The molecular formula is C24H32O2Si. The van der Waals surface area contributed by atoms with E-state index in [-0.39, 0.29) is 0 Å². The van der Waals surface area contributed by atoms with Gasteiger partial charge in [-0.2, -0.15) is 0 Å². The summed E-state index contributed by atoms with van der Waals surface area (Å²) < 4.78 is 10.8. The maximum absolute atomic E-state index is 5.42. The minimum atomic E-state index is -1.73. The number of unbranched alkanes of at least 4 members (excludes halogenated alkanes) is 2. The first-order chi connectivity index (χ1) is 13.4. The van der Waals surface area contributed by atoms with Crippen molar-refractivity contribution in [3.63, 3.8) is 0 Å². The van der Waals surface area contributed by atoms with E-state index in [1.807, 2.05) is 0 Å². The molecule has 2 aliphatic heterocycles. The fourth-order valence-corrected chi connectivity index (χ4v) is 9.56. The Morgan fingerprint density at radius 1 is 0.630 bits per heavy atom. The van der Waals surface area contributed by atoms with Gasteiger partial charge < -0.3 is 9.47 Å². The predicted octanol–water partition coefficient (Wildman–Crippen LogP) is 4.39. The highest BCUT2D eigenvalue weighted by atomic mass is 28.3. The number of hydrogen-bond acceptors (Lipinski definition) is 2. The monoisotopic (exact) mass is 380 g/mol. The van der Waals surface area contributed by atoms with E-state index >= 15 is 0 Å². The fraction of sp³-hybridized carbons (Fsp3) is 0.500. The second kappa shape index (κ2) is 9.18. The van der Waals surface area contributed by atoms with Crippen LogP contribution in [0.4, 0.5) is 0 Å². The fourth-order valence-electron chi connectivity index (χ4n) is 4.45. The Balaban J connectivity index is 1.52. The SMILES string of the molecule is c1ccc([Si](CCCCC2CO2)(CCCCC2CO2)c2ccccc2)cc1. The molecule has 0 spiro atoms. The molecule has 2 unspecified atom stereocenters. The Bertz CT molecular complexity index is 619. The van der Waals surface area contributed by atoms with E-state index in [0.29, 0.717) is 12.2 Å². The molecule has 2 atom stereocenters. The molecule has 2 saturated heterocycles. The average molecular weight is 381 g/mol. The molecule has 27 heavy (non-hydrogen) atoms. The Kier molecular flexibility index (Phi) is 6.43. The molecule has 0 N–H and O–H groups in total. The first-order valence-corrected chi connectivity index (χ1v) is 13.1. The lowest BCUT2D eigenvalue weighted by Crippen LogP contribution is -2.58. The molecule has 2 fully saturated rings. The molecule has 144 valence electrons. The number of ether oxygens (including phenoxy) is 2. The quantitative estimate of drug-likeness (QED) is 0.310. The first-order valence-electron chi connectivity index (χ1n) is 10.7. The van der Waals surface area contributed by atoms with Gasteiger partial charge in [0, 0.05) is 0 Å². The van der Waals surface area contributed by atoms with Crippen LogP contribution in [0.1, 0.15) is 38.5 Å². The molecule has 0 aromatic heterocycles. The summed E-state index contributed by atoms with van der Waals surface area (Å²) in [5, 5.41) is 3.23. The molecule has 2 aromatic carbocycles. The highest BCUT2D eigenvalue weighted by Crippen LogP contribution is 2.26. The van der Waals surface area contributed by atoms with Gasteiger partial charge in [-0.15, -0.1) is 0 Å². The van der Waals surface area contributed by atoms with Crippen LogP contribution in [0.15, 0.2) is 60.7 Å². The van der Waals surface area contributed by atoms with Crippen molar-refractivity contribution >= 4 is 18.4 Å². The summed E-state index contributed by atoms with van der Waals surface area (Å²) in [5.41, 5.74) is 0. The Morgan fingerprint density at radius 3 is 1.41 bits per heavy atom. The lowest BCUT2D eigenvalue weighted by molar-refractivity contribution is 0.390. The van der Waals surface area contributed by atoms with E-state index < -0.39 is 8.07 Å². The maximum atomic E-state index is 5.42. The van der Waals surface area contributed by atoms with E-state index in [1.54, 1.807) is 10.4 Å². The van der Waals surface area contributed by atoms with Crippen molar-refractivity contribution in [3.05, 3.63) is 60.7 Å². The molecule has 0 aliphatic carbocycles. The summed E-state index contributed by atoms with van der Waals surface area (Å²) in [7, 11) is -1.73. The van der Waals surface area contributed by atoms with Crippen LogP contribution in [0, 0.1) is 0 Å². The van der Waals surface area contributed by atoms with Crippen molar-refractivity contribution in [3.8, 4) is 0 Å². The number of benzene rings is 2. The van der Waals surface area contributed by atoms with Gasteiger partial charge in [-0.05, 0) is 24.9 Å². The van der Waals surface area contributed by atoms with Crippen LogP contribution < -0.4 is 10.4 Å². The van der Waals surface area contributed by atoms with Crippen LogP contribution in [0.2, 0.25) is 12.1 Å². The third kappa shape index (κ3) is 5.31. The first kappa shape index (κ1) is 18.9. The van der Waals surface area contributed by atoms with Crippen LogP contribution in [-0.4, -0.2) is 33.5 Å². The van der Waals surface area contributed by atoms with Crippen LogP contribution >= 0.6 is 0 Å². The molecule has 2 aliphatic rings. The van der Waals surface area contributed by atoms with Crippen LogP contribution in [0.25, 0.3) is 0 Å². The number of rotatable bonds is 12. The molecule has 0 saturated carbocycles. The van der Waals surface area contributed by atoms with E-state index in [0.717, 1.165) is 13.2 Å². The standard InChI is InChI=1S/C24H32O2Si/c1-3-13-23(14-4-1)27(24-15-5-2-6-16-24,17-9-7-11-21-19-25-21)18-10-8-12-22-20-26-22/h1-6,13-16,21-22H,7-12,17-20H2. The highest BCUT2D eigenvalue weighted by Gasteiger charge is 2.36. The summed E-state index contributed by atoms with van der Waals surface area (Å²) >= 11 is 0. The number of epoxide rings is 2. The smallest absolute Gasteiger partial charge is 0.118 e.